The molecule has 0 fully saturated rings. The Morgan fingerprint density at radius 3 is 1.64 bits per heavy atom. The van der Waals surface area contributed by atoms with Crippen molar-refractivity contribution in [3.8, 4) is 0 Å². The smallest absolute Gasteiger partial charge is 0.118 e. The first-order valence-corrected chi connectivity index (χ1v) is 3.76. The summed E-state index contributed by atoms with van der Waals surface area (Å²) in [5.74, 6) is 0.211. The molecule has 1 N–H and O–H groups in total. The summed E-state index contributed by atoms with van der Waals surface area (Å²) in [6.45, 7) is 14.7. The molecule has 0 radical (unpaired) electrons. The van der Waals surface area contributed by atoms with Crippen molar-refractivity contribution in [2.45, 2.75) is 27.7 Å². The second-order valence-electron chi connectivity index (χ2n) is 2.16. The van der Waals surface area contributed by atoms with E-state index < -0.39 is 0 Å². The minimum absolute atomic E-state index is 0.211. The standard InChI is InChI=1S/C8H12O.C2H6/c1-6(2)5-8(9)7(3)4;1-2/h5,9H,1,3H2,2,4H3;1-2H3/b8-5+;. The van der Waals surface area contributed by atoms with E-state index in [0.29, 0.717) is 5.57 Å². The number of aliphatic hydroxyl groups is 1. The summed E-state index contributed by atoms with van der Waals surface area (Å²) >= 11 is 0. The molecule has 1 heteroatoms. The highest BCUT2D eigenvalue weighted by molar-refractivity contribution is 5.26. The Morgan fingerprint density at radius 1 is 1.18 bits per heavy atom. The average molecular weight is 154 g/mol. The van der Waals surface area contributed by atoms with Gasteiger partial charge in [-0.1, -0.05) is 32.6 Å². The first-order chi connectivity index (χ1) is 5.04. The van der Waals surface area contributed by atoms with E-state index in [0.717, 1.165) is 5.57 Å². The van der Waals surface area contributed by atoms with Crippen LogP contribution in [0, 0.1) is 0 Å². The van der Waals surface area contributed by atoms with Gasteiger partial charge in [-0.3, -0.25) is 0 Å². The lowest BCUT2D eigenvalue weighted by atomic mass is 10.2. The summed E-state index contributed by atoms with van der Waals surface area (Å²) in [5.41, 5.74) is 1.49. The van der Waals surface area contributed by atoms with Gasteiger partial charge in [0.25, 0.3) is 0 Å². The minimum atomic E-state index is 0.211. The Balaban J connectivity index is 0. The van der Waals surface area contributed by atoms with Gasteiger partial charge in [0.2, 0.25) is 0 Å². The number of hydrogen-bond donors (Lipinski definition) is 1. The maximum atomic E-state index is 9.00. The second-order valence-corrected chi connectivity index (χ2v) is 2.16. The molecule has 0 aromatic heterocycles. The van der Waals surface area contributed by atoms with Crippen molar-refractivity contribution in [2.24, 2.45) is 0 Å². The molecule has 0 aromatic rings. The van der Waals surface area contributed by atoms with Crippen LogP contribution in [0.5, 0.6) is 0 Å². The van der Waals surface area contributed by atoms with Crippen LogP contribution in [-0.2, 0) is 0 Å². The van der Waals surface area contributed by atoms with E-state index >= 15 is 0 Å². The lowest BCUT2D eigenvalue weighted by Crippen LogP contribution is -1.80. The van der Waals surface area contributed by atoms with Gasteiger partial charge < -0.3 is 5.11 Å². The van der Waals surface area contributed by atoms with Gasteiger partial charge in [-0.2, -0.15) is 0 Å². The van der Waals surface area contributed by atoms with Crippen LogP contribution in [0.15, 0.2) is 36.1 Å². The molecule has 0 heterocycles. The van der Waals surface area contributed by atoms with Crippen LogP contribution in [0.3, 0.4) is 0 Å². The predicted octanol–water partition coefficient (Wildman–Crippen LogP) is 3.61. The van der Waals surface area contributed by atoms with Gasteiger partial charge in [0.05, 0.1) is 0 Å². The van der Waals surface area contributed by atoms with Gasteiger partial charge in [-0.15, -0.1) is 0 Å². The van der Waals surface area contributed by atoms with Crippen molar-refractivity contribution in [2.75, 3.05) is 0 Å². The Labute approximate surface area is 69.8 Å². The van der Waals surface area contributed by atoms with Crippen molar-refractivity contribution < 1.29 is 5.11 Å². The lowest BCUT2D eigenvalue weighted by Gasteiger charge is -1.95. The fourth-order valence-corrected chi connectivity index (χ4v) is 0.357. The Hall–Kier alpha value is -0.980. The fraction of sp³-hybridized carbons (Fsp3) is 0.400. The largest absolute Gasteiger partial charge is 0.508 e. The average Bonchev–Trinajstić information content (AvgIpc) is 1.90. The molecule has 0 amide bonds. The number of hydrogen-bond acceptors (Lipinski definition) is 1. The van der Waals surface area contributed by atoms with Crippen molar-refractivity contribution in [1.29, 1.82) is 0 Å². The number of allylic oxidation sites excluding steroid dienone is 3. The summed E-state index contributed by atoms with van der Waals surface area (Å²) in [7, 11) is 0. The molecule has 0 aromatic carbocycles. The minimum Gasteiger partial charge on any atom is -0.508 e. The zero-order chi connectivity index (χ0) is 9.44. The molecule has 1 nitrogen and oxygen atoms in total. The Morgan fingerprint density at radius 2 is 1.55 bits per heavy atom. The number of rotatable bonds is 2. The van der Waals surface area contributed by atoms with Gasteiger partial charge in [0.1, 0.15) is 5.76 Å². The van der Waals surface area contributed by atoms with Crippen molar-refractivity contribution >= 4 is 0 Å². The first kappa shape index (κ1) is 12.7. The fourth-order valence-electron chi connectivity index (χ4n) is 0.357. The Bertz CT molecular complexity index is 164. The summed E-state index contributed by atoms with van der Waals surface area (Å²) in [5, 5.41) is 9.00. The number of aliphatic hydroxyl groups excluding tert-OH is 1. The zero-order valence-electron chi connectivity index (χ0n) is 7.94. The molecular formula is C10H18O. The van der Waals surface area contributed by atoms with E-state index in [1.54, 1.807) is 13.0 Å². The maximum absolute atomic E-state index is 9.00. The van der Waals surface area contributed by atoms with E-state index in [-0.39, 0.29) is 5.76 Å². The zero-order valence-corrected chi connectivity index (χ0v) is 7.94. The van der Waals surface area contributed by atoms with Crippen LogP contribution in [0.4, 0.5) is 0 Å². The molecule has 0 saturated carbocycles. The van der Waals surface area contributed by atoms with Gasteiger partial charge in [-0.05, 0) is 25.5 Å². The van der Waals surface area contributed by atoms with E-state index in [1.165, 1.54) is 0 Å². The summed E-state index contributed by atoms with van der Waals surface area (Å²) in [6.07, 6.45) is 1.59. The van der Waals surface area contributed by atoms with Gasteiger partial charge in [0, 0.05) is 0 Å². The Kier molecular flexibility index (Phi) is 8.22. The molecule has 0 bridgehead atoms. The quantitative estimate of drug-likeness (QED) is 0.476. The molecule has 0 atom stereocenters. The monoisotopic (exact) mass is 154 g/mol. The van der Waals surface area contributed by atoms with E-state index in [2.05, 4.69) is 13.2 Å². The van der Waals surface area contributed by atoms with Crippen LogP contribution in [-0.4, -0.2) is 5.11 Å². The van der Waals surface area contributed by atoms with Crippen LogP contribution in [0.25, 0.3) is 0 Å². The highest BCUT2D eigenvalue weighted by Gasteiger charge is 1.89. The predicted molar refractivity (Wildman–Crippen MR) is 51.7 cm³/mol. The molecule has 0 saturated heterocycles. The van der Waals surface area contributed by atoms with Crippen LogP contribution in [0.1, 0.15) is 27.7 Å². The van der Waals surface area contributed by atoms with Crippen LogP contribution >= 0.6 is 0 Å². The van der Waals surface area contributed by atoms with Crippen LogP contribution < -0.4 is 0 Å². The third-order valence-electron chi connectivity index (χ3n) is 0.820. The van der Waals surface area contributed by atoms with Gasteiger partial charge >= 0.3 is 0 Å². The lowest BCUT2D eigenvalue weighted by molar-refractivity contribution is 0.423. The molecule has 11 heavy (non-hydrogen) atoms. The second kappa shape index (κ2) is 7.13. The highest BCUT2D eigenvalue weighted by Crippen LogP contribution is 2.04. The highest BCUT2D eigenvalue weighted by atomic mass is 16.3. The topological polar surface area (TPSA) is 20.2 Å². The normalized spacial score (nSPS) is 9.64. The molecule has 0 aliphatic carbocycles. The van der Waals surface area contributed by atoms with E-state index in [1.807, 2.05) is 20.8 Å². The SMILES string of the molecule is C=C(C)/C=C(/O)C(=C)C.CC. The van der Waals surface area contributed by atoms with Gasteiger partial charge in [-0.25, -0.2) is 0 Å². The van der Waals surface area contributed by atoms with Crippen molar-refractivity contribution in [3.05, 3.63) is 36.1 Å². The van der Waals surface area contributed by atoms with Gasteiger partial charge in [0.15, 0.2) is 0 Å². The van der Waals surface area contributed by atoms with E-state index in [4.69, 9.17) is 5.11 Å². The molecule has 64 valence electrons. The molecule has 0 aliphatic heterocycles. The third kappa shape index (κ3) is 9.02. The first-order valence-electron chi connectivity index (χ1n) is 3.76. The molecule has 0 spiro atoms. The molecule has 0 rings (SSSR count). The van der Waals surface area contributed by atoms with Crippen molar-refractivity contribution in [3.63, 3.8) is 0 Å². The van der Waals surface area contributed by atoms with E-state index in [9.17, 15) is 0 Å². The molecule has 0 unspecified atom stereocenters. The maximum Gasteiger partial charge on any atom is 0.118 e. The molecule has 0 aliphatic rings. The summed E-state index contributed by atoms with van der Waals surface area (Å²) in [4.78, 5) is 0. The molecular weight excluding hydrogens is 136 g/mol. The van der Waals surface area contributed by atoms with Crippen LogP contribution in [0.2, 0.25) is 0 Å². The van der Waals surface area contributed by atoms with Crippen molar-refractivity contribution in [1.82, 2.24) is 0 Å². The summed E-state index contributed by atoms with van der Waals surface area (Å²) in [6, 6.07) is 0. The third-order valence-corrected chi connectivity index (χ3v) is 0.820. The summed E-state index contributed by atoms with van der Waals surface area (Å²) < 4.78 is 0.